The molecule has 0 aliphatic rings. The number of hydrogen-bond donors (Lipinski definition) is 2. The highest BCUT2D eigenvalue weighted by molar-refractivity contribution is 6.31. The second-order valence-electron chi connectivity index (χ2n) is 4.16. The van der Waals surface area contributed by atoms with Gasteiger partial charge in [0.2, 0.25) is 0 Å². The third-order valence-corrected chi connectivity index (χ3v) is 2.79. The van der Waals surface area contributed by atoms with E-state index in [0.717, 1.165) is 5.56 Å². The van der Waals surface area contributed by atoms with Crippen molar-refractivity contribution in [1.82, 2.24) is 5.43 Å². The molecule has 0 aromatic heterocycles. The summed E-state index contributed by atoms with van der Waals surface area (Å²) in [5.41, 5.74) is 3.37. The van der Waals surface area contributed by atoms with Crippen LogP contribution in [0.3, 0.4) is 0 Å². The van der Waals surface area contributed by atoms with E-state index in [2.05, 4.69) is 5.43 Å². The maximum atomic E-state index is 13.2. The van der Waals surface area contributed by atoms with Crippen molar-refractivity contribution in [3.8, 4) is 0 Å². The van der Waals surface area contributed by atoms with Crippen molar-refractivity contribution < 1.29 is 9.13 Å². The van der Waals surface area contributed by atoms with Gasteiger partial charge in [0, 0.05) is 6.04 Å². The van der Waals surface area contributed by atoms with Gasteiger partial charge in [0.25, 0.3) is 0 Å². The fourth-order valence-corrected chi connectivity index (χ4v) is 1.65. The van der Waals surface area contributed by atoms with Crippen molar-refractivity contribution in [3.63, 3.8) is 0 Å². The van der Waals surface area contributed by atoms with E-state index in [-0.39, 0.29) is 17.2 Å². The maximum absolute atomic E-state index is 13.2. The van der Waals surface area contributed by atoms with Crippen molar-refractivity contribution >= 4 is 11.6 Å². The summed E-state index contributed by atoms with van der Waals surface area (Å²) >= 11 is 5.87. The van der Waals surface area contributed by atoms with Gasteiger partial charge in [0.15, 0.2) is 0 Å². The molecule has 1 unspecified atom stereocenters. The SMILES string of the molecule is CC(C)OCC(Cc1cccc(F)c1Cl)NN. The van der Waals surface area contributed by atoms with Crippen LogP contribution >= 0.6 is 11.6 Å². The monoisotopic (exact) mass is 260 g/mol. The zero-order valence-electron chi connectivity index (χ0n) is 10.0. The topological polar surface area (TPSA) is 47.3 Å². The number of hydrazine groups is 1. The minimum absolute atomic E-state index is 0.0864. The first-order chi connectivity index (χ1) is 8.04. The van der Waals surface area contributed by atoms with Crippen molar-refractivity contribution in [1.29, 1.82) is 0 Å². The van der Waals surface area contributed by atoms with E-state index >= 15 is 0 Å². The molecule has 0 aliphatic heterocycles. The molecule has 3 N–H and O–H groups in total. The van der Waals surface area contributed by atoms with Gasteiger partial charge in [0.1, 0.15) is 5.82 Å². The van der Waals surface area contributed by atoms with Gasteiger partial charge in [-0.2, -0.15) is 0 Å². The Morgan fingerprint density at radius 1 is 1.47 bits per heavy atom. The third kappa shape index (κ3) is 4.60. The van der Waals surface area contributed by atoms with Crippen LogP contribution in [-0.4, -0.2) is 18.8 Å². The lowest BCUT2D eigenvalue weighted by molar-refractivity contribution is 0.0613. The van der Waals surface area contributed by atoms with Crippen LogP contribution in [0.5, 0.6) is 0 Å². The molecule has 0 saturated heterocycles. The van der Waals surface area contributed by atoms with Crippen LogP contribution in [0, 0.1) is 5.82 Å². The molecule has 0 heterocycles. The van der Waals surface area contributed by atoms with Crippen LogP contribution in [0.15, 0.2) is 18.2 Å². The predicted octanol–water partition coefficient (Wildman–Crippen LogP) is 2.28. The van der Waals surface area contributed by atoms with Crippen molar-refractivity contribution in [2.75, 3.05) is 6.61 Å². The lowest BCUT2D eigenvalue weighted by atomic mass is 10.1. The van der Waals surface area contributed by atoms with Gasteiger partial charge in [-0.05, 0) is 31.9 Å². The Balaban J connectivity index is 2.64. The third-order valence-electron chi connectivity index (χ3n) is 2.36. The maximum Gasteiger partial charge on any atom is 0.142 e. The first-order valence-corrected chi connectivity index (χ1v) is 5.93. The molecule has 1 aromatic carbocycles. The van der Waals surface area contributed by atoms with Gasteiger partial charge in [-0.15, -0.1) is 0 Å². The molecule has 5 heteroatoms. The van der Waals surface area contributed by atoms with Crippen LogP contribution in [0.4, 0.5) is 4.39 Å². The number of benzene rings is 1. The van der Waals surface area contributed by atoms with Gasteiger partial charge < -0.3 is 4.74 Å². The molecule has 0 aliphatic carbocycles. The minimum Gasteiger partial charge on any atom is -0.377 e. The molecular formula is C12H18ClFN2O. The number of halogens is 2. The fraction of sp³-hybridized carbons (Fsp3) is 0.500. The average molecular weight is 261 g/mol. The lowest BCUT2D eigenvalue weighted by Gasteiger charge is -2.18. The molecule has 3 nitrogen and oxygen atoms in total. The van der Waals surface area contributed by atoms with Gasteiger partial charge >= 0.3 is 0 Å². The first-order valence-electron chi connectivity index (χ1n) is 5.55. The van der Waals surface area contributed by atoms with E-state index in [9.17, 15) is 4.39 Å². The van der Waals surface area contributed by atoms with E-state index in [1.807, 2.05) is 13.8 Å². The summed E-state index contributed by atoms with van der Waals surface area (Å²) in [5.74, 6) is 5.02. The molecule has 0 fully saturated rings. The first kappa shape index (κ1) is 14.4. The smallest absolute Gasteiger partial charge is 0.142 e. The second kappa shape index (κ2) is 6.91. The standard InChI is InChI=1S/C12H18ClFN2O/c1-8(2)17-7-10(16-15)6-9-4-3-5-11(14)12(9)13/h3-5,8,10,16H,6-7,15H2,1-2H3. The fourth-order valence-electron chi connectivity index (χ4n) is 1.45. The van der Waals surface area contributed by atoms with Gasteiger partial charge in [-0.3, -0.25) is 11.3 Å². The molecule has 1 aromatic rings. The molecule has 17 heavy (non-hydrogen) atoms. The average Bonchev–Trinajstić information content (AvgIpc) is 2.29. The van der Waals surface area contributed by atoms with Gasteiger partial charge in [-0.1, -0.05) is 23.7 Å². The summed E-state index contributed by atoms with van der Waals surface area (Å²) in [6.07, 6.45) is 0.661. The number of rotatable bonds is 6. The number of nitrogens with one attached hydrogen (secondary N) is 1. The second-order valence-corrected chi connectivity index (χ2v) is 4.54. The summed E-state index contributed by atoms with van der Waals surface area (Å²) < 4.78 is 18.7. The highest BCUT2D eigenvalue weighted by Gasteiger charge is 2.13. The molecule has 0 amide bonds. The summed E-state index contributed by atoms with van der Waals surface area (Å²) in [6, 6.07) is 4.66. The Kier molecular flexibility index (Phi) is 5.85. The van der Waals surface area contributed by atoms with E-state index in [1.54, 1.807) is 12.1 Å². The van der Waals surface area contributed by atoms with Gasteiger partial charge in [0.05, 0.1) is 17.7 Å². The van der Waals surface area contributed by atoms with E-state index in [4.69, 9.17) is 22.2 Å². The summed E-state index contributed by atoms with van der Waals surface area (Å²) in [6.45, 7) is 4.35. The van der Waals surface area contributed by atoms with E-state index < -0.39 is 5.82 Å². The predicted molar refractivity (Wildman–Crippen MR) is 67.3 cm³/mol. The van der Waals surface area contributed by atoms with Crippen molar-refractivity contribution in [2.24, 2.45) is 5.84 Å². The van der Waals surface area contributed by atoms with Crippen LogP contribution < -0.4 is 11.3 Å². The molecule has 1 rings (SSSR count). The van der Waals surface area contributed by atoms with Crippen LogP contribution in [0.2, 0.25) is 5.02 Å². The number of nitrogens with two attached hydrogens (primary N) is 1. The Hall–Kier alpha value is -0.680. The Morgan fingerprint density at radius 3 is 2.76 bits per heavy atom. The molecule has 0 spiro atoms. The molecular weight excluding hydrogens is 243 g/mol. The Bertz CT molecular complexity index is 360. The Labute approximate surface area is 106 Å². The largest absolute Gasteiger partial charge is 0.377 e. The summed E-state index contributed by atoms with van der Waals surface area (Å²) in [4.78, 5) is 0. The van der Waals surface area contributed by atoms with Crippen LogP contribution in [0.1, 0.15) is 19.4 Å². The van der Waals surface area contributed by atoms with Gasteiger partial charge in [-0.25, -0.2) is 4.39 Å². The van der Waals surface area contributed by atoms with E-state index in [1.165, 1.54) is 6.07 Å². The summed E-state index contributed by atoms with van der Waals surface area (Å²) in [5, 5.41) is 0.150. The summed E-state index contributed by atoms with van der Waals surface area (Å²) in [7, 11) is 0. The number of ether oxygens (including phenoxy) is 1. The molecule has 0 saturated carbocycles. The minimum atomic E-state index is -0.412. The van der Waals surface area contributed by atoms with Crippen LogP contribution in [0.25, 0.3) is 0 Å². The lowest BCUT2D eigenvalue weighted by Crippen LogP contribution is -2.41. The zero-order chi connectivity index (χ0) is 12.8. The number of hydrogen-bond acceptors (Lipinski definition) is 3. The Morgan fingerprint density at radius 2 is 2.18 bits per heavy atom. The normalized spacial score (nSPS) is 13.1. The molecule has 0 bridgehead atoms. The highest BCUT2D eigenvalue weighted by Crippen LogP contribution is 2.20. The van der Waals surface area contributed by atoms with Crippen LogP contribution in [-0.2, 0) is 11.2 Å². The van der Waals surface area contributed by atoms with Crippen molar-refractivity contribution in [3.05, 3.63) is 34.6 Å². The van der Waals surface area contributed by atoms with E-state index in [0.29, 0.717) is 13.0 Å². The quantitative estimate of drug-likeness (QED) is 0.609. The molecule has 1 atom stereocenters. The zero-order valence-corrected chi connectivity index (χ0v) is 10.8. The highest BCUT2D eigenvalue weighted by atomic mass is 35.5. The molecule has 0 radical (unpaired) electrons. The van der Waals surface area contributed by atoms with Crippen molar-refractivity contribution in [2.45, 2.75) is 32.4 Å². The molecule has 96 valence electrons.